The Balaban J connectivity index is 2.04. The second-order valence-corrected chi connectivity index (χ2v) is 6.49. The molecule has 124 valence electrons. The van der Waals surface area contributed by atoms with Crippen LogP contribution in [-0.4, -0.2) is 38.9 Å². The first-order chi connectivity index (χ1) is 10.8. The van der Waals surface area contributed by atoms with E-state index in [9.17, 15) is 4.79 Å². The van der Waals surface area contributed by atoms with Gasteiger partial charge in [-0.25, -0.2) is 9.67 Å². The van der Waals surface area contributed by atoms with Crippen molar-refractivity contribution in [1.82, 2.24) is 20.1 Å². The lowest BCUT2D eigenvalue weighted by Gasteiger charge is -2.23. The highest BCUT2D eigenvalue weighted by Crippen LogP contribution is 2.18. The molecule has 2 N–H and O–H groups in total. The summed E-state index contributed by atoms with van der Waals surface area (Å²) in [5, 5.41) is 16.3. The number of carbonyl (C=O) groups is 1. The minimum atomic E-state index is -0.125. The predicted octanol–water partition coefficient (Wildman–Crippen LogP) is 2.02. The zero-order valence-corrected chi connectivity index (χ0v) is 14.1. The van der Waals surface area contributed by atoms with Gasteiger partial charge >= 0.3 is 0 Å². The summed E-state index contributed by atoms with van der Waals surface area (Å²) in [6.45, 7) is 8.41. The molecule has 0 radical (unpaired) electrons. The Morgan fingerprint density at radius 1 is 1.26 bits per heavy atom. The van der Waals surface area contributed by atoms with Crippen LogP contribution in [0.15, 0.2) is 24.3 Å². The van der Waals surface area contributed by atoms with Crippen LogP contribution >= 0.6 is 0 Å². The van der Waals surface area contributed by atoms with Gasteiger partial charge in [0.15, 0.2) is 0 Å². The Morgan fingerprint density at radius 2 is 1.91 bits per heavy atom. The van der Waals surface area contributed by atoms with Gasteiger partial charge in [-0.15, -0.1) is 0 Å². The molecule has 2 rings (SSSR count). The largest absolute Gasteiger partial charge is 0.396 e. The van der Waals surface area contributed by atoms with Gasteiger partial charge in [-0.05, 0) is 49.9 Å². The van der Waals surface area contributed by atoms with Crippen molar-refractivity contribution < 1.29 is 9.90 Å². The second kappa shape index (κ2) is 6.91. The van der Waals surface area contributed by atoms with Crippen LogP contribution in [0.1, 0.15) is 42.3 Å². The summed E-state index contributed by atoms with van der Waals surface area (Å²) >= 11 is 0. The van der Waals surface area contributed by atoms with Crippen LogP contribution < -0.4 is 5.32 Å². The quantitative estimate of drug-likeness (QED) is 0.854. The van der Waals surface area contributed by atoms with E-state index in [-0.39, 0.29) is 17.9 Å². The van der Waals surface area contributed by atoms with Crippen molar-refractivity contribution in [2.75, 3.05) is 13.2 Å². The molecule has 0 fully saturated rings. The van der Waals surface area contributed by atoms with Gasteiger partial charge in [0.1, 0.15) is 11.6 Å². The molecular formula is C17H24N4O2. The molecule has 1 amide bonds. The molecule has 0 atom stereocenters. The van der Waals surface area contributed by atoms with E-state index in [2.05, 4.69) is 15.4 Å². The van der Waals surface area contributed by atoms with E-state index in [4.69, 9.17) is 5.11 Å². The highest BCUT2D eigenvalue weighted by atomic mass is 16.3. The molecule has 0 saturated carbocycles. The third-order valence-corrected chi connectivity index (χ3v) is 3.76. The van der Waals surface area contributed by atoms with Gasteiger partial charge in [-0.3, -0.25) is 4.79 Å². The van der Waals surface area contributed by atoms with Gasteiger partial charge in [0, 0.05) is 18.7 Å². The van der Waals surface area contributed by atoms with E-state index in [0.717, 1.165) is 17.3 Å². The molecule has 0 aliphatic rings. The van der Waals surface area contributed by atoms with E-state index < -0.39 is 0 Å². The third kappa shape index (κ3) is 4.39. The van der Waals surface area contributed by atoms with Crippen LogP contribution in [0, 0.1) is 19.3 Å². The molecule has 2 aromatic rings. The highest BCUT2D eigenvalue weighted by Gasteiger charge is 2.18. The zero-order chi connectivity index (χ0) is 17.0. The molecule has 0 bridgehead atoms. The summed E-state index contributed by atoms with van der Waals surface area (Å²) in [5.74, 6) is 1.41. The Morgan fingerprint density at radius 3 is 2.43 bits per heavy atom. The number of aliphatic hydroxyl groups is 1. The molecular weight excluding hydrogens is 292 g/mol. The molecule has 6 heteroatoms. The zero-order valence-electron chi connectivity index (χ0n) is 14.1. The Hall–Kier alpha value is -2.21. The number of aromatic nitrogens is 3. The van der Waals surface area contributed by atoms with Gasteiger partial charge in [0.05, 0.1) is 5.69 Å². The number of nitrogens with one attached hydrogen (secondary N) is 1. The first-order valence-electron chi connectivity index (χ1n) is 7.72. The van der Waals surface area contributed by atoms with Gasteiger partial charge < -0.3 is 10.4 Å². The van der Waals surface area contributed by atoms with Crippen LogP contribution in [0.25, 0.3) is 5.69 Å². The number of nitrogens with zero attached hydrogens (tertiary/aromatic N) is 3. The number of rotatable bonds is 6. The third-order valence-electron chi connectivity index (χ3n) is 3.76. The predicted molar refractivity (Wildman–Crippen MR) is 88.7 cm³/mol. The number of aryl methyl sites for hydroxylation is 2. The van der Waals surface area contributed by atoms with Crippen molar-refractivity contribution in [1.29, 1.82) is 0 Å². The van der Waals surface area contributed by atoms with E-state index >= 15 is 0 Å². The fourth-order valence-corrected chi connectivity index (χ4v) is 2.33. The Kier molecular flexibility index (Phi) is 5.15. The summed E-state index contributed by atoms with van der Waals surface area (Å²) < 4.78 is 1.75. The van der Waals surface area contributed by atoms with Crippen LogP contribution in [0.5, 0.6) is 0 Å². The lowest BCUT2D eigenvalue weighted by Crippen LogP contribution is -2.34. The lowest BCUT2D eigenvalue weighted by atomic mass is 9.89. The average Bonchev–Trinajstić information content (AvgIpc) is 2.84. The van der Waals surface area contributed by atoms with Gasteiger partial charge in [-0.1, -0.05) is 13.8 Å². The van der Waals surface area contributed by atoms with E-state index in [1.54, 1.807) is 16.8 Å². The van der Waals surface area contributed by atoms with Crippen LogP contribution in [0.4, 0.5) is 0 Å². The SMILES string of the molecule is Cc1nc(C)n(-c2ccc(C(=O)NCC(C)(C)CCO)cc2)n1. The van der Waals surface area contributed by atoms with Crippen molar-refractivity contribution in [3.63, 3.8) is 0 Å². The second-order valence-electron chi connectivity index (χ2n) is 6.49. The maximum Gasteiger partial charge on any atom is 0.251 e. The number of hydrogen-bond acceptors (Lipinski definition) is 4. The van der Waals surface area contributed by atoms with Crippen molar-refractivity contribution >= 4 is 5.91 Å². The fraction of sp³-hybridized carbons (Fsp3) is 0.471. The Labute approximate surface area is 136 Å². The molecule has 0 aliphatic heterocycles. The van der Waals surface area contributed by atoms with Crippen LogP contribution in [0.2, 0.25) is 0 Å². The number of aliphatic hydroxyl groups excluding tert-OH is 1. The minimum Gasteiger partial charge on any atom is -0.396 e. The Bertz CT molecular complexity index is 674. The van der Waals surface area contributed by atoms with E-state index in [0.29, 0.717) is 18.5 Å². The summed E-state index contributed by atoms with van der Waals surface area (Å²) in [6.07, 6.45) is 0.650. The van der Waals surface area contributed by atoms with Crippen molar-refractivity contribution in [2.45, 2.75) is 34.1 Å². The molecule has 1 heterocycles. The number of hydrogen-bond donors (Lipinski definition) is 2. The molecule has 1 aromatic heterocycles. The first-order valence-corrected chi connectivity index (χ1v) is 7.72. The monoisotopic (exact) mass is 316 g/mol. The standard InChI is InChI=1S/C17H24N4O2/c1-12-19-13(2)21(20-12)15-7-5-14(6-8-15)16(23)18-11-17(3,4)9-10-22/h5-8,22H,9-11H2,1-4H3,(H,18,23). The van der Waals surface area contributed by atoms with Gasteiger partial charge in [0.2, 0.25) is 0 Å². The first kappa shape index (κ1) is 17.1. The van der Waals surface area contributed by atoms with E-state index in [1.165, 1.54) is 0 Å². The molecule has 1 aromatic carbocycles. The number of benzene rings is 1. The maximum absolute atomic E-state index is 12.2. The minimum absolute atomic E-state index is 0.117. The number of amides is 1. The normalized spacial score (nSPS) is 11.5. The summed E-state index contributed by atoms with van der Waals surface area (Å²) in [6, 6.07) is 7.27. The van der Waals surface area contributed by atoms with Crippen molar-refractivity contribution in [3.8, 4) is 5.69 Å². The molecule has 0 spiro atoms. The smallest absolute Gasteiger partial charge is 0.251 e. The molecule has 0 unspecified atom stereocenters. The summed E-state index contributed by atoms with van der Waals surface area (Å²) in [7, 11) is 0. The average molecular weight is 316 g/mol. The molecule has 23 heavy (non-hydrogen) atoms. The summed E-state index contributed by atoms with van der Waals surface area (Å²) in [5.41, 5.74) is 1.35. The number of carbonyl (C=O) groups excluding carboxylic acids is 1. The van der Waals surface area contributed by atoms with Crippen molar-refractivity contribution in [3.05, 3.63) is 41.5 Å². The fourth-order valence-electron chi connectivity index (χ4n) is 2.33. The van der Waals surface area contributed by atoms with Crippen LogP contribution in [-0.2, 0) is 0 Å². The molecule has 6 nitrogen and oxygen atoms in total. The lowest BCUT2D eigenvalue weighted by molar-refractivity contribution is 0.0928. The maximum atomic E-state index is 12.2. The highest BCUT2D eigenvalue weighted by molar-refractivity contribution is 5.94. The molecule has 0 saturated heterocycles. The van der Waals surface area contributed by atoms with Gasteiger partial charge in [0.25, 0.3) is 5.91 Å². The summed E-state index contributed by atoms with van der Waals surface area (Å²) in [4.78, 5) is 16.5. The van der Waals surface area contributed by atoms with E-state index in [1.807, 2.05) is 39.8 Å². The van der Waals surface area contributed by atoms with Crippen molar-refractivity contribution in [2.24, 2.45) is 5.41 Å². The molecule has 0 aliphatic carbocycles. The topological polar surface area (TPSA) is 80.0 Å². The van der Waals surface area contributed by atoms with Gasteiger partial charge in [-0.2, -0.15) is 5.10 Å². The van der Waals surface area contributed by atoms with Crippen LogP contribution in [0.3, 0.4) is 0 Å².